The summed E-state index contributed by atoms with van der Waals surface area (Å²) >= 11 is 1.56. The standard InChI is InChI=1S/C16H18OS/c1-4-11(2)13-5-7-14(8-6-13)16-10-9-15(18-16)12(3)17/h5-11,17H,3-4H2,1-2H3. The van der Waals surface area contributed by atoms with E-state index in [2.05, 4.69) is 44.7 Å². The normalized spacial score (nSPS) is 12.3. The summed E-state index contributed by atoms with van der Waals surface area (Å²) in [7, 11) is 0. The first-order valence-corrected chi connectivity index (χ1v) is 7.02. The van der Waals surface area contributed by atoms with Crippen molar-refractivity contribution in [3.63, 3.8) is 0 Å². The fourth-order valence-electron chi connectivity index (χ4n) is 1.86. The second kappa shape index (κ2) is 5.40. The third kappa shape index (κ3) is 2.65. The molecule has 1 nitrogen and oxygen atoms in total. The summed E-state index contributed by atoms with van der Waals surface area (Å²) in [5, 5.41) is 9.35. The Labute approximate surface area is 112 Å². The SMILES string of the molecule is C=C(O)c1ccc(-c2ccc(C(C)CC)cc2)s1. The number of hydrogen-bond donors (Lipinski definition) is 1. The van der Waals surface area contributed by atoms with E-state index in [1.807, 2.05) is 12.1 Å². The lowest BCUT2D eigenvalue weighted by molar-refractivity contribution is 0.516. The molecule has 0 aliphatic carbocycles. The third-order valence-corrected chi connectivity index (χ3v) is 4.45. The van der Waals surface area contributed by atoms with Crippen molar-refractivity contribution in [2.24, 2.45) is 0 Å². The van der Waals surface area contributed by atoms with Crippen LogP contribution in [0.5, 0.6) is 0 Å². The molecule has 1 unspecified atom stereocenters. The van der Waals surface area contributed by atoms with E-state index in [9.17, 15) is 5.11 Å². The minimum Gasteiger partial charge on any atom is -0.507 e. The van der Waals surface area contributed by atoms with Crippen LogP contribution in [0.25, 0.3) is 16.2 Å². The summed E-state index contributed by atoms with van der Waals surface area (Å²) < 4.78 is 0. The number of thiophene rings is 1. The predicted octanol–water partition coefficient (Wildman–Crippen LogP) is 5.46. The summed E-state index contributed by atoms with van der Waals surface area (Å²) in [6, 6.07) is 12.6. The molecule has 0 spiro atoms. The highest BCUT2D eigenvalue weighted by molar-refractivity contribution is 7.16. The Kier molecular flexibility index (Phi) is 3.87. The zero-order chi connectivity index (χ0) is 13.1. The smallest absolute Gasteiger partial charge is 0.125 e. The molecule has 0 aliphatic heterocycles. The monoisotopic (exact) mass is 258 g/mol. The van der Waals surface area contributed by atoms with Gasteiger partial charge in [-0.15, -0.1) is 11.3 Å². The van der Waals surface area contributed by atoms with Gasteiger partial charge in [-0.1, -0.05) is 44.7 Å². The van der Waals surface area contributed by atoms with Crippen LogP contribution in [-0.2, 0) is 0 Å². The Balaban J connectivity index is 2.25. The molecule has 0 amide bonds. The summed E-state index contributed by atoms with van der Waals surface area (Å²) in [5.41, 5.74) is 2.57. The van der Waals surface area contributed by atoms with E-state index in [1.165, 1.54) is 11.1 Å². The molecule has 2 rings (SSSR count). The molecule has 0 saturated heterocycles. The van der Waals surface area contributed by atoms with E-state index < -0.39 is 0 Å². The Morgan fingerprint density at radius 2 is 1.89 bits per heavy atom. The van der Waals surface area contributed by atoms with Crippen molar-refractivity contribution in [2.75, 3.05) is 0 Å². The molecule has 0 bridgehead atoms. The first kappa shape index (κ1) is 12.9. The van der Waals surface area contributed by atoms with Gasteiger partial charge in [-0.3, -0.25) is 0 Å². The van der Waals surface area contributed by atoms with Crippen molar-refractivity contribution in [1.82, 2.24) is 0 Å². The highest BCUT2D eigenvalue weighted by Gasteiger charge is 2.06. The summed E-state index contributed by atoms with van der Waals surface area (Å²) in [5.74, 6) is 0.748. The number of benzene rings is 1. The lowest BCUT2D eigenvalue weighted by Crippen LogP contribution is -1.90. The lowest BCUT2D eigenvalue weighted by Gasteiger charge is -2.09. The molecule has 1 heterocycles. The van der Waals surface area contributed by atoms with E-state index in [1.54, 1.807) is 11.3 Å². The molecule has 2 aromatic rings. The van der Waals surface area contributed by atoms with Crippen molar-refractivity contribution in [3.05, 3.63) is 53.4 Å². The lowest BCUT2D eigenvalue weighted by atomic mass is 9.97. The van der Waals surface area contributed by atoms with E-state index in [0.717, 1.165) is 16.2 Å². The largest absolute Gasteiger partial charge is 0.507 e. The van der Waals surface area contributed by atoms with Gasteiger partial charge in [-0.05, 0) is 35.6 Å². The van der Waals surface area contributed by atoms with Crippen LogP contribution in [0.3, 0.4) is 0 Å². The van der Waals surface area contributed by atoms with Gasteiger partial charge in [0.2, 0.25) is 0 Å². The molecular formula is C16H18OS. The number of hydrogen-bond acceptors (Lipinski definition) is 2. The summed E-state index contributed by atoms with van der Waals surface area (Å²) in [4.78, 5) is 1.99. The van der Waals surface area contributed by atoms with Gasteiger partial charge in [0.15, 0.2) is 0 Å². The maximum Gasteiger partial charge on any atom is 0.125 e. The van der Waals surface area contributed by atoms with Gasteiger partial charge in [-0.25, -0.2) is 0 Å². The summed E-state index contributed by atoms with van der Waals surface area (Å²) in [6.07, 6.45) is 1.16. The highest BCUT2D eigenvalue weighted by atomic mass is 32.1. The third-order valence-electron chi connectivity index (χ3n) is 3.27. The van der Waals surface area contributed by atoms with Crippen LogP contribution in [0.1, 0.15) is 36.6 Å². The number of rotatable bonds is 4. The van der Waals surface area contributed by atoms with Crippen molar-refractivity contribution in [3.8, 4) is 10.4 Å². The topological polar surface area (TPSA) is 20.2 Å². The quantitative estimate of drug-likeness (QED) is 0.722. The Morgan fingerprint density at radius 1 is 1.22 bits per heavy atom. The van der Waals surface area contributed by atoms with E-state index in [0.29, 0.717) is 5.92 Å². The minimum atomic E-state index is 0.141. The van der Waals surface area contributed by atoms with E-state index >= 15 is 0 Å². The number of aliphatic hydroxyl groups is 1. The van der Waals surface area contributed by atoms with Crippen LogP contribution in [0.15, 0.2) is 43.0 Å². The van der Waals surface area contributed by atoms with Gasteiger partial charge in [0.1, 0.15) is 5.76 Å². The molecule has 0 fully saturated rings. The van der Waals surface area contributed by atoms with Gasteiger partial charge in [0, 0.05) is 4.88 Å². The van der Waals surface area contributed by atoms with E-state index in [-0.39, 0.29) is 5.76 Å². The van der Waals surface area contributed by atoms with Crippen LogP contribution in [0, 0.1) is 0 Å². The molecule has 0 saturated carbocycles. The van der Waals surface area contributed by atoms with Gasteiger partial charge in [0.25, 0.3) is 0 Å². The maximum atomic E-state index is 9.35. The molecule has 18 heavy (non-hydrogen) atoms. The molecule has 1 aromatic heterocycles. The molecular weight excluding hydrogens is 240 g/mol. The summed E-state index contributed by atoms with van der Waals surface area (Å²) in [6.45, 7) is 8.00. The Morgan fingerprint density at radius 3 is 2.39 bits per heavy atom. The van der Waals surface area contributed by atoms with E-state index in [4.69, 9.17) is 0 Å². The van der Waals surface area contributed by atoms with Crippen molar-refractivity contribution < 1.29 is 5.11 Å². The zero-order valence-electron chi connectivity index (χ0n) is 10.8. The zero-order valence-corrected chi connectivity index (χ0v) is 11.6. The van der Waals surface area contributed by atoms with Crippen molar-refractivity contribution >= 4 is 17.1 Å². The second-order valence-electron chi connectivity index (χ2n) is 4.54. The molecule has 94 valence electrons. The first-order chi connectivity index (χ1) is 8.61. The van der Waals surface area contributed by atoms with Crippen molar-refractivity contribution in [1.29, 1.82) is 0 Å². The number of aliphatic hydroxyl groups excluding tert-OH is 1. The van der Waals surface area contributed by atoms with Gasteiger partial charge >= 0.3 is 0 Å². The molecule has 1 aromatic carbocycles. The minimum absolute atomic E-state index is 0.141. The fraction of sp³-hybridized carbons (Fsp3) is 0.250. The fourth-order valence-corrected chi connectivity index (χ4v) is 2.74. The second-order valence-corrected chi connectivity index (χ2v) is 5.63. The van der Waals surface area contributed by atoms with Crippen LogP contribution < -0.4 is 0 Å². The molecule has 0 radical (unpaired) electrons. The maximum absolute atomic E-state index is 9.35. The molecule has 1 N–H and O–H groups in total. The van der Waals surface area contributed by atoms with Gasteiger partial charge < -0.3 is 5.11 Å². The van der Waals surface area contributed by atoms with Crippen LogP contribution in [-0.4, -0.2) is 5.11 Å². The molecule has 2 heteroatoms. The van der Waals surface area contributed by atoms with Gasteiger partial charge in [0.05, 0.1) is 4.88 Å². The highest BCUT2D eigenvalue weighted by Crippen LogP contribution is 2.31. The Bertz CT molecular complexity index is 536. The average molecular weight is 258 g/mol. The van der Waals surface area contributed by atoms with Crippen LogP contribution in [0.4, 0.5) is 0 Å². The first-order valence-electron chi connectivity index (χ1n) is 6.20. The van der Waals surface area contributed by atoms with Crippen LogP contribution >= 0.6 is 11.3 Å². The molecule has 0 aliphatic rings. The predicted molar refractivity (Wildman–Crippen MR) is 80.1 cm³/mol. The van der Waals surface area contributed by atoms with Crippen LogP contribution in [0.2, 0.25) is 0 Å². The Hall–Kier alpha value is -1.54. The molecule has 1 atom stereocenters. The van der Waals surface area contributed by atoms with Crippen molar-refractivity contribution in [2.45, 2.75) is 26.2 Å². The average Bonchev–Trinajstić information content (AvgIpc) is 2.88. The van der Waals surface area contributed by atoms with Gasteiger partial charge in [-0.2, -0.15) is 0 Å².